The van der Waals surface area contributed by atoms with Gasteiger partial charge in [-0.1, -0.05) is 0 Å². The van der Waals surface area contributed by atoms with E-state index < -0.39 is 30.6 Å². The molecule has 100 valence electrons. The normalized spacial score (nSPS) is 13.2. The van der Waals surface area contributed by atoms with Crippen LogP contribution in [0.4, 0.5) is 23.2 Å². The molecule has 0 aromatic heterocycles. The van der Waals surface area contributed by atoms with Crippen molar-refractivity contribution in [3.8, 4) is 0 Å². The summed E-state index contributed by atoms with van der Waals surface area (Å²) in [4.78, 5) is 11.4. The first kappa shape index (κ1) is 14.4. The van der Waals surface area contributed by atoms with E-state index in [1.807, 2.05) is 0 Å². The molecule has 1 amide bonds. The van der Waals surface area contributed by atoms with Crippen molar-refractivity contribution in [2.24, 2.45) is 0 Å². The predicted molar refractivity (Wildman–Crippen MR) is 56.5 cm³/mol. The molecular weight excluding hydrogens is 254 g/mol. The van der Waals surface area contributed by atoms with Crippen LogP contribution in [0.15, 0.2) is 24.3 Å². The number of amides is 1. The Hall–Kier alpha value is -1.63. The van der Waals surface area contributed by atoms with Crippen LogP contribution < -0.4 is 5.32 Å². The average Bonchev–Trinajstić information content (AvgIpc) is 2.28. The third-order valence-electron chi connectivity index (χ3n) is 1.98. The van der Waals surface area contributed by atoms with Crippen molar-refractivity contribution >= 4 is 11.6 Å². The van der Waals surface area contributed by atoms with Crippen molar-refractivity contribution in [3.05, 3.63) is 30.1 Å². The molecule has 7 heteroatoms. The zero-order valence-electron chi connectivity index (χ0n) is 9.42. The SMILES string of the molecule is C[C@H](OCC(F)(F)F)C(=O)Nc1ccc(F)cc1. The Morgan fingerprint density at radius 3 is 2.39 bits per heavy atom. The zero-order valence-corrected chi connectivity index (χ0v) is 9.42. The molecule has 1 atom stereocenters. The standard InChI is InChI=1S/C11H11F4NO2/c1-7(18-6-11(13,14)15)10(17)16-9-4-2-8(12)3-5-9/h2-5,7H,6H2,1H3,(H,16,17)/t7-/m0/s1. The number of rotatable bonds is 4. The van der Waals surface area contributed by atoms with Crippen LogP contribution in [0.2, 0.25) is 0 Å². The van der Waals surface area contributed by atoms with Gasteiger partial charge in [0.25, 0.3) is 5.91 Å². The smallest absolute Gasteiger partial charge is 0.359 e. The molecule has 0 bridgehead atoms. The van der Waals surface area contributed by atoms with Crippen LogP contribution in [0, 0.1) is 5.82 Å². The first-order chi connectivity index (χ1) is 8.28. The molecule has 0 unspecified atom stereocenters. The van der Waals surface area contributed by atoms with Gasteiger partial charge in [-0.2, -0.15) is 13.2 Å². The van der Waals surface area contributed by atoms with Gasteiger partial charge in [0.2, 0.25) is 0 Å². The fourth-order valence-corrected chi connectivity index (χ4v) is 1.07. The second-order valence-corrected chi connectivity index (χ2v) is 3.56. The minimum atomic E-state index is -4.48. The first-order valence-electron chi connectivity index (χ1n) is 5.03. The molecule has 18 heavy (non-hydrogen) atoms. The Kier molecular flexibility index (Phi) is 4.66. The lowest BCUT2D eigenvalue weighted by Gasteiger charge is -2.14. The third-order valence-corrected chi connectivity index (χ3v) is 1.98. The van der Waals surface area contributed by atoms with E-state index in [-0.39, 0.29) is 5.69 Å². The number of halogens is 4. The lowest BCUT2D eigenvalue weighted by molar-refractivity contribution is -0.184. The number of ether oxygens (including phenoxy) is 1. The lowest BCUT2D eigenvalue weighted by atomic mass is 10.3. The van der Waals surface area contributed by atoms with Crippen molar-refractivity contribution < 1.29 is 27.1 Å². The quantitative estimate of drug-likeness (QED) is 0.850. The van der Waals surface area contributed by atoms with Crippen LogP contribution in [-0.4, -0.2) is 24.8 Å². The number of carbonyl (C=O) groups excluding carboxylic acids is 1. The predicted octanol–water partition coefficient (Wildman–Crippen LogP) is 2.73. The molecule has 0 radical (unpaired) electrons. The van der Waals surface area contributed by atoms with Gasteiger partial charge in [0.1, 0.15) is 18.5 Å². The Balaban J connectivity index is 2.47. The van der Waals surface area contributed by atoms with Gasteiger partial charge in [0, 0.05) is 5.69 Å². The number of hydrogen-bond donors (Lipinski definition) is 1. The summed E-state index contributed by atoms with van der Waals surface area (Å²) in [5.41, 5.74) is 0.281. The lowest BCUT2D eigenvalue weighted by Crippen LogP contribution is -2.31. The number of carbonyl (C=O) groups is 1. The van der Waals surface area contributed by atoms with Gasteiger partial charge in [-0.15, -0.1) is 0 Å². The summed E-state index contributed by atoms with van der Waals surface area (Å²) >= 11 is 0. The average molecular weight is 265 g/mol. The number of nitrogens with one attached hydrogen (secondary N) is 1. The maximum Gasteiger partial charge on any atom is 0.411 e. The minimum absolute atomic E-state index is 0.281. The van der Waals surface area contributed by atoms with E-state index in [0.717, 1.165) is 12.1 Å². The Bertz CT molecular complexity index is 402. The van der Waals surface area contributed by atoms with Crippen molar-refractivity contribution in [1.82, 2.24) is 0 Å². The molecule has 0 heterocycles. The molecule has 1 aromatic rings. The number of anilines is 1. The highest BCUT2D eigenvalue weighted by Crippen LogP contribution is 2.16. The molecule has 0 aliphatic carbocycles. The highest BCUT2D eigenvalue weighted by Gasteiger charge is 2.29. The molecule has 1 rings (SSSR count). The fourth-order valence-electron chi connectivity index (χ4n) is 1.07. The van der Waals surface area contributed by atoms with Crippen LogP contribution in [-0.2, 0) is 9.53 Å². The van der Waals surface area contributed by atoms with E-state index in [2.05, 4.69) is 10.1 Å². The molecule has 3 nitrogen and oxygen atoms in total. The maximum absolute atomic E-state index is 12.6. The van der Waals surface area contributed by atoms with Gasteiger partial charge in [-0.3, -0.25) is 4.79 Å². The summed E-state index contributed by atoms with van der Waals surface area (Å²) in [6.07, 6.45) is -5.73. The van der Waals surface area contributed by atoms with Gasteiger partial charge in [0.15, 0.2) is 0 Å². The Labute approximate surface area is 101 Å². The fraction of sp³-hybridized carbons (Fsp3) is 0.364. The minimum Gasteiger partial charge on any atom is -0.359 e. The third kappa shape index (κ3) is 5.13. The molecular formula is C11H11F4NO2. The van der Waals surface area contributed by atoms with E-state index in [9.17, 15) is 22.4 Å². The molecule has 0 aliphatic heterocycles. The molecule has 0 spiro atoms. The largest absolute Gasteiger partial charge is 0.411 e. The molecule has 0 fully saturated rings. The van der Waals surface area contributed by atoms with Crippen molar-refractivity contribution in [1.29, 1.82) is 0 Å². The second-order valence-electron chi connectivity index (χ2n) is 3.56. The van der Waals surface area contributed by atoms with Crippen LogP contribution in [0.25, 0.3) is 0 Å². The van der Waals surface area contributed by atoms with Crippen LogP contribution in [0.5, 0.6) is 0 Å². The van der Waals surface area contributed by atoms with Crippen molar-refractivity contribution in [2.75, 3.05) is 11.9 Å². The number of alkyl halides is 3. The summed E-state index contributed by atoms with van der Waals surface area (Å²) < 4.78 is 52.5. The summed E-state index contributed by atoms with van der Waals surface area (Å²) in [5.74, 6) is -1.21. The number of hydrogen-bond acceptors (Lipinski definition) is 2. The van der Waals surface area contributed by atoms with E-state index in [1.165, 1.54) is 19.1 Å². The van der Waals surface area contributed by atoms with Gasteiger partial charge >= 0.3 is 6.18 Å². The molecule has 1 aromatic carbocycles. The monoisotopic (exact) mass is 265 g/mol. The van der Waals surface area contributed by atoms with Crippen LogP contribution in [0.1, 0.15) is 6.92 Å². The van der Waals surface area contributed by atoms with Crippen molar-refractivity contribution in [3.63, 3.8) is 0 Å². The van der Waals surface area contributed by atoms with Crippen LogP contribution >= 0.6 is 0 Å². The Morgan fingerprint density at radius 2 is 1.89 bits per heavy atom. The van der Waals surface area contributed by atoms with Gasteiger partial charge in [-0.25, -0.2) is 4.39 Å². The molecule has 0 saturated heterocycles. The van der Waals surface area contributed by atoms with E-state index >= 15 is 0 Å². The van der Waals surface area contributed by atoms with Crippen LogP contribution in [0.3, 0.4) is 0 Å². The highest BCUT2D eigenvalue weighted by atomic mass is 19.4. The summed E-state index contributed by atoms with van der Waals surface area (Å²) in [6.45, 7) is -0.296. The second kappa shape index (κ2) is 5.81. The summed E-state index contributed by atoms with van der Waals surface area (Å²) in [7, 11) is 0. The molecule has 1 N–H and O–H groups in total. The molecule has 0 saturated carbocycles. The summed E-state index contributed by atoms with van der Waals surface area (Å²) in [6, 6.07) is 4.83. The zero-order chi connectivity index (χ0) is 13.8. The van der Waals surface area contributed by atoms with Gasteiger partial charge in [-0.05, 0) is 31.2 Å². The molecule has 0 aliphatic rings. The van der Waals surface area contributed by atoms with E-state index in [4.69, 9.17) is 0 Å². The van der Waals surface area contributed by atoms with Gasteiger partial charge < -0.3 is 10.1 Å². The maximum atomic E-state index is 12.6. The Morgan fingerprint density at radius 1 is 1.33 bits per heavy atom. The highest BCUT2D eigenvalue weighted by molar-refractivity contribution is 5.93. The topological polar surface area (TPSA) is 38.3 Å². The van der Waals surface area contributed by atoms with E-state index in [0.29, 0.717) is 0 Å². The van der Waals surface area contributed by atoms with Crippen molar-refractivity contribution in [2.45, 2.75) is 19.2 Å². The number of benzene rings is 1. The van der Waals surface area contributed by atoms with Gasteiger partial charge in [0.05, 0.1) is 0 Å². The first-order valence-corrected chi connectivity index (χ1v) is 5.03. The summed E-state index contributed by atoms with van der Waals surface area (Å²) in [5, 5.41) is 2.31. The van der Waals surface area contributed by atoms with E-state index in [1.54, 1.807) is 0 Å².